The fourth-order valence-electron chi connectivity index (χ4n) is 2.95. The molecular formula is C21H21N5O2. The van der Waals surface area contributed by atoms with Crippen molar-refractivity contribution in [2.24, 2.45) is 0 Å². The molecule has 0 saturated carbocycles. The molecular weight excluding hydrogens is 354 g/mol. The molecule has 0 aliphatic heterocycles. The maximum absolute atomic E-state index is 5.32. The van der Waals surface area contributed by atoms with Crippen LogP contribution in [0.25, 0.3) is 22.2 Å². The molecule has 0 atom stereocenters. The minimum Gasteiger partial charge on any atom is -0.497 e. The number of benzene rings is 1. The lowest BCUT2D eigenvalue weighted by atomic mass is 10.1. The Hall–Kier alpha value is -3.61. The molecule has 0 bridgehead atoms. The Morgan fingerprint density at radius 2 is 1.71 bits per heavy atom. The number of ether oxygens (including phenoxy) is 2. The summed E-state index contributed by atoms with van der Waals surface area (Å²) in [6.45, 7) is 2.89. The van der Waals surface area contributed by atoms with Crippen molar-refractivity contribution in [3.63, 3.8) is 0 Å². The van der Waals surface area contributed by atoms with E-state index in [1.165, 1.54) is 0 Å². The van der Waals surface area contributed by atoms with Gasteiger partial charge in [0.1, 0.15) is 17.3 Å². The number of anilines is 2. The fraction of sp³-hybridized carbons (Fsp3) is 0.190. The Balaban J connectivity index is 1.67. The average molecular weight is 375 g/mol. The van der Waals surface area contributed by atoms with E-state index in [-0.39, 0.29) is 0 Å². The number of methoxy groups -OCH3 is 2. The van der Waals surface area contributed by atoms with Gasteiger partial charge in [-0.05, 0) is 25.1 Å². The van der Waals surface area contributed by atoms with Gasteiger partial charge in [-0.3, -0.25) is 9.67 Å². The van der Waals surface area contributed by atoms with E-state index in [1.54, 1.807) is 14.2 Å². The Bertz CT molecular complexity index is 1100. The molecule has 0 radical (unpaired) electrons. The van der Waals surface area contributed by atoms with Gasteiger partial charge >= 0.3 is 0 Å². The molecule has 3 aromatic heterocycles. The number of hydrogen-bond acceptors (Lipinski definition) is 6. The molecule has 28 heavy (non-hydrogen) atoms. The van der Waals surface area contributed by atoms with Crippen LogP contribution in [0.3, 0.4) is 0 Å². The Morgan fingerprint density at radius 1 is 0.929 bits per heavy atom. The molecule has 0 spiro atoms. The highest BCUT2D eigenvalue weighted by molar-refractivity contribution is 5.81. The zero-order valence-electron chi connectivity index (χ0n) is 16.0. The van der Waals surface area contributed by atoms with Crippen LogP contribution in [-0.4, -0.2) is 34.0 Å². The third-order valence-electron chi connectivity index (χ3n) is 4.45. The number of hydrogen-bond donors (Lipinski definition) is 1. The Morgan fingerprint density at radius 3 is 2.39 bits per heavy atom. The van der Waals surface area contributed by atoms with Gasteiger partial charge in [0.2, 0.25) is 0 Å². The number of rotatable bonds is 6. The van der Waals surface area contributed by atoms with Gasteiger partial charge < -0.3 is 14.8 Å². The van der Waals surface area contributed by atoms with Crippen molar-refractivity contribution in [1.29, 1.82) is 0 Å². The monoisotopic (exact) mass is 375 g/mol. The maximum atomic E-state index is 5.32. The van der Waals surface area contributed by atoms with Crippen molar-refractivity contribution in [2.75, 3.05) is 19.5 Å². The van der Waals surface area contributed by atoms with Crippen molar-refractivity contribution in [3.05, 3.63) is 55.0 Å². The van der Waals surface area contributed by atoms with Crippen LogP contribution < -0.4 is 14.8 Å². The molecule has 0 aliphatic carbocycles. The van der Waals surface area contributed by atoms with Gasteiger partial charge in [-0.2, -0.15) is 5.10 Å². The summed E-state index contributed by atoms with van der Waals surface area (Å²) in [5, 5.41) is 7.63. The molecule has 0 saturated heterocycles. The summed E-state index contributed by atoms with van der Waals surface area (Å²) in [6, 6.07) is 11.5. The van der Waals surface area contributed by atoms with Crippen LogP contribution in [0.4, 0.5) is 11.5 Å². The minimum absolute atomic E-state index is 0.708. The van der Waals surface area contributed by atoms with Crippen molar-refractivity contribution in [3.8, 4) is 22.6 Å². The lowest BCUT2D eigenvalue weighted by molar-refractivity contribution is 0.395. The van der Waals surface area contributed by atoms with Crippen LogP contribution in [-0.2, 0) is 6.54 Å². The first-order valence-electron chi connectivity index (χ1n) is 8.98. The van der Waals surface area contributed by atoms with Gasteiger partial charge in [0, 0.05) is 54.0 Å². The SMILES string of the molecule is CCn1cc(-c2cnc3ccc(Nc4cc(OC)cc(OC)c4)nc3c2)cn1. The van der Waals surface area contributed by atoms with E-state index in [4.69, 9.17) is 14.5 Å². The van der Waals surface area contributed by atoms with Gasteiger partial charge in [-0.1, -0.05) is 0 Å². The quantitative estimate of drug-likeness (QED) is 0.542. The normalized spacial score (nSPS) is 10.8. The second-order valence-corrected chi connectivity index (χ2v) is 6.27. The second-order valence-electron chi connectivity index (χ2n) is 6.27. The summed E-state index contributed by atoms with van der Waals surface area (Å²) in [5.74, 6) is 2.13. The number of nitrogens with zero attached hydrogens (tertiary/aromatic N) is 4. The van der Waals surface area contributed by atoms with Crippen LogP contribution in [0.15, 0.2) is 55.0 Å². The van der Waals surface area contributed by atoms with Gasteiger partial charge in [0.05, 0.1) is 31.4 Å². The molecule has 1 N–H and O–H groups in total. The first-order valence-corrected chi connectivity index (χ1v) is 8.98. The van der Waals surface area contributed by atoms with Gasteiger partial charge in [0.15, 0.2) is 0 Å². The summed E-state index contributed by atoms with van der Waals surface area (Å²) >= 11 is 0. The van der Waals surface area contributed by atoms with Gasteiger partial charge in [0.25, 0.3) is 0 Å². The molecule has 142 valence electrons. The number of nitrogens with one attached hydrogen (secondary N) is 1. The molecule has 7 nitrogen and oxygen atoms in total. The molecule has 7 heteroatoms. The molecule has 4 aromatic rings. The van der Waals surface area contributed by atoms with E-state index in [0.717, 1.165) is 34.4 Å². The highest BCUT2D eigenvalue weighted by atomic mass is 16.5. The Labute approximate surface area is 163 Å². The largest absolute Gasteiger partial charge is 0.497 e. The third kappa shape index (κ3) is 3.59. The summed E-state index contributed by atoms with van der Waals surface area (Å²) in [7, 11) is 3.25. The number of aromatic nitrogens is 4. The summed E-state index contributed by atoms with van der Waals surface area (Å²) in [6.07, 6.45) is 5.70. The Kier molecular flexibility index (Phi) is 4.80. The van der Waals surface area contributed by atoms with Crippen LogP contribution in [0.5, 0.6) is 11.5 Å². The van der Waals surface area contributed by atoms with E-state index >= 15 is 0 Å². The average Bonchev–Trinajstić information content (AvgIpc) is 3.22. The lowest BCUT2D eigenvalue weighted by Gasteiger charge is -2.11. The highest BCUT2D eigenvalue weighted by Crippen LogP contribution is 2.28. The maximum Gasteiger partial charge on any atom is 0.131 e. The predicted molar refractivity (Wildman–Crippen MR) is 109 cm³/mol. The van der Waals surface area contributed by atoms with Crippen LogP contribution in [0.2, 0.25) is 0 Å². The van der Waals surface area contributed by atoms with Crippen LogP contribution in [0, 0.1) is 0 Å². The first kappa shape index (κ1) is 17.8. The summed E-state index contributed by atoms with van der Waals surface area (Å²) in [4.78, 5) is 9.24. The highest BCUT2D eigenvalue weighted by Gasteiger charge is 2.07. The molecule has 4 rings (SSSR count). The van der Waals surface area contributed by atoms with E-state index < -0.39 is 0 Å². The predicted octanol–water partition coefficient (Wildman–Crippen LogP) is 4.27. The third-order valence-corrected chi connectivity index (χ3v) is 4.45. The zero-order valence-corrected chi connectivity index (χ0v) is 16.0. The topological polar surface area (TPSA) is 74.1 Å². The molecule has 3 heterocycles. The summed E-state index contributed by atoms with van der Waals surface area (Å²) < 4.78 is 12.5. The smallest absolute Gasteiger partial charge is 0.131 e. The minimum atomic E-state index is 0.708. The lowest BCUT2D eigenvalue weighted by Crippen LogP contribution is -1.96. The van der Waals surface area contributed by atoms with Crippen LogP contribution >= 0.6 is 0 Å². The zero-order chi connectivity index (χ0) is 19.5. The number of pyridine rings is 2. The molecule has 0 amide bonds. The molecule has 1 aromatic carbocycles. The first-order chi connectivity index (χ1) is 13.7. The van der Waals surface area contributed by atoms with E-state index in [2.05, 4.69) is 22.3 Å². The van der Waals surface area contributed by atoms with Crippen molar-refractivity contribution in [1.82, 2.24) is 19.7 Å². The number of fused-ring (bicyclic) bond motifs is 1. The van der Waals surface area contributed by atoms with E-state index in [0.29, 0.717) is 17.3 Å². The standard InChI is InChI=1S/C21H21N5O2/c1-4-26-13-15(12-23-26)14-7-20-19(22-11-14)5-6-21(25-20)24-16-8-17(27-2)10-18(9-16)28-3/h5-13H,4H2,1-3H3,(H,24,25). The van der Waals surface area contributed by atoms with E-state index in [9.17, 15) is 0 Å². The van der Waals surface area contributed by atoms with Gasteiger partial charge in [-0.15, -0.1) is 0 Å². The molecule has 0 unspecified atom stereocenters. The molecule has 0 aliphatic rings. The van der Waals surface area contributed by atoms with Gasteiger partial charge in [-0.25, -0.2) is 4.98 Å². The van der Waals surface area contributed by atoms with Crippen molar-refractivity contribution in [2.45, 2.75) is 13.5 Å². The number of aryl methyl sites for hydroxylation is 1. The fourth-order valence-corrected chi connectivity index (χ4v) is 2.95. The van der Waals surface area contributed by atoms with E-state index in [1.807, 2.05) is 59.7 Å². The second kappa shape index (κ2) is 7.56. The van der Waals surface area contributed by atoms with Crippen molar-refractivity contribution >= 4 is 22.5 Å². The summed E-state index contributed by atoms with van der Waals surface area (Å²) in [5.41, 5.74) is 4.48. The van der Waals surface area contributed by atoms with Crippen LogP contribution in [0.1, 0.15) is 6.92 Å². The van der Waals surface area contributed by atoms with Crippen molar-refractivity contribution < 1.29 is 9.47 Å². The molecule has 0 fully saturated rings.